The molecule has 1 aromatic rings. The van der Waals surface area contributed by atoms with Crippen molar-refractivity contribution in [2.45, 2.75) is 24.8 Å². The number of nitrogens with zero attached hydrogens (tertiary/aromatic N) is 1. The molecule has 2 N–H and O–H groups in total. The first-order valence-electron chi connectivity index (χ1n) is 5.75. The van der Waals surface area contributed by atoms with Crippen molar-refractivity contribution in [2.75, 3.05) is 0 Å². The van der Waals surface area contributed by atoms with Crippen LogP contribution in [0.15, 0.2) is 23.1 Å². The second kappa shape index (κ2) is 6.37. The largest absolute Gasteiger partial charge is 0.480 e. The zero-order valence-electron chi connectivity index (χ0n) is 11.1. The predicted octanol–water partition coefficient (Wildman–Crippen LogP) is 1.64. The van der Waals surface area contributed by atoms with Gasteiger partial charge in [0, 0.05) is 11.1 Å². The van der Waals surface area contributed by atoms with Gasteiger partial charge >= 0.3 is 5.97 Å². The average Bonchev–Trinajstić information content (AvgIpc) is 2.34. The molecule has 10 heteroatoms. The van der Waals surface area contributed by atoms with Crippen molar-refractivity contribution in [3.05, 3.63) is 33.3 Å². The van der Waals surface area contributed by atoms with E-state index in [1.807, 2.05) is 4.72 Å². The van der Waals surface area contributed by atoms with Crippen molar-refractivity contribution in [3.8, 4) is 0 Å². The normalized spacial score (nSPS) is 13.1. The molecule has 0 saturated carbocycles. The molecule has 1 rings (SSSR count). The van der Waals surface area contributed by atoms with E-state index in [9.17, 15) is 23.3 Å². The maximum atomic E-state index is 12.2. The highest BCUT2D eigenvalue weighted by Gasteiger charge is 2.32. The molecule has 0 aliphatic carbocycles. The van der Waals surface area contributed by atoms with E-state index < -0.39 is 43.5 Å². The van der Waals surface area contributed by atoms with Crippen LogP contribution in [0.5, 0.6) is 0 Å². The fourth-order valence-electron chi connectivity index (χ4n) is 1.56. The number of sulfonamides is 1. The number of rotatable bonds is 6. The van der Waals surface area contributed by atoms with Gasteiger partial charge in [0.05, 0.1) is 4.92 Å². The van der Waals surface area contributed by atoms with E-state index in [1.165, 1.54) is 19.9 Å². The lowest BCUT2D eigenvalue weighted by Crippen LogP contribution is -2.44. The molecule has 0 aromatic heterocycles. The number of hydrogen-bond donors (Lipinski definition) is 2. The molecule has 0 amide bonds. The van der Waals surface area contributed by atoms with Crippen LogP contribution in [0.4, 0.5) is 5.69 Å². The van der Waals surface area contributed by atoms with E-state index in [1.54, 1.807) is 0 Å². The summed E-state index contributed by atoms with van der Waals surface area (Å²) in [5, 5.41) is 19.9. The summed E-state index contributed by atoms with van der Waals surface area (Å²) in [7, 11) is -4.40. The molecule has 0 bridgehead atoms. The highest BCUT2D eigenvalue weighted by atomic mass is 35.5. The van der Waals surface area contributed by atoms with Gasteiger partial charge in [-0.2, -0.15) is 4.72 Å². The molecule has 21 heavy (non-hydrogen) atoms. The molecule has 1 aromatic carbocycles. The summed E-state index contributed by atoms with van der Waals surface area (Å²) >= 11 is 5.66. The van der Waals surface area contributed by atoms with Crippen LogP contribution in [0.2, 0.25) is 5.02 Å². The second-order valence-electron chi connectivity index (χ2n) is 4.55. The van der Waals surface area contributed by atoms with E-state index in [0.717, 1.165) is 12.1 Å². The summed E-state index contributed by atoms with van der Waals surface area (Å²) in [5.41, 5.74) is -0.681. The number of nitro groups is 1. The first kappa shape index (κ1) is 17.3. The van der Waals surface area contributed by atoms with Gasteiger partial charge in [-0.3, -0.25) is 14.9 Å². The summed E-state index contributed by atoms with van der Waals surface area (Å²) in [6.45, 7) is 3.02. The number of carboxylic acid groups (broad SMARTS) is 1. The maximum absolute atomic E-state index is 12.2. The minimum atomic E-state index is -4.40. The van der Waals surface area contributed by atoms with E-state index in [0.29, 0.717) is 0 Å². The van der Waals surface area contributed by atoms with Crippen LogP contribution in [0.3, 0.4) is 0 Å². The number of carbonyl (C=O) groups is 1. The third-order valence-electron chi connectivity index (χ3n) is 2.62. The van der Waals surface area contributed by atoms with Crippen LogP contribution in [-0.4, -0.2) is 30.5 Å². The van der Waals surface area contributed by atoms with Crippen LogP contribution in [-0.2, 0) is 14.8 Å². The third-order valence-corrected chi connectivity index (χ3v) is 4.33. The zero-order valence-corrected chi connectivity index (χ0v) is 12.7. The van der Waals surface area contributed by atoms with Crippen LogP contribution in [0.25, 0.3) is 0 Å². The Bertz CT molecular complexity index is 673. The van der Waals surface area contributed by atoms with Gasteiger partial charge < -0.3 is 5.11 Å². The number of nitro benzene ring substituents is 1. The Morgan fingerprint density at radius 2 is 2.00 bits per heavy atom. The minimum absolute atomic E-state index is 0.0163. The summed E-state index contributed by atoms with van der Waals surface area (Å²) < 4.78 is 26.3. The monoisotopic (exact) mass is 336 g/mol. The first-order chi connectivity index (χ1) is 9.56. The molecule has 0 spiro atoms. The Hall–Kier alpha value is -1.71. The first-order valence-corrected chi connectivity index (χ1v) is 7.61. The molecule has 0 unspecified atom stereocenters. The van der Waals surface area contributed by atoms with Gasteiger partial charge in [-0.05, 0) is 18.1 Å². The maximum Gasteiger partial charge on any atom is 0.322 e. The molecule has 116 valence electrons. The highest BCUT2D eigenvalue weighted by molar-refractivity contribution is 7.89. The van der Waals surface area contributed by atoms with Crippen molar-refractivity contribution in [2.24, 2.45) is 5.92 Å². The topological polar surface area (TPSA) is 127 Å². The van der Waals surface area contributed by atoms with Crippen LogP contribution >= 0.6 is 11.6 Å². The van der Waals surface area contributed by atoms with Crippen molar-refractivity contribution >= 4 is 33.3 Å². The standard InChI is InChI=1S/C11H13ClN2O6S/c1-6(2)10(11(15)16)13-21(19,20)9-5-7(12)3-4-8(9)14(17)18/h3-6,10,13H,1-2H3,(H,15,16)/t10-/m0/s1. The number of hydrogen-bond acceptors (Lipinski definition) is 5. The van der Waals surface area contributed by atoms with Gasteiger partial charge in [0.2, 0.25) is 10.0 Å². The molecule has 1 atom stereocenters. The van der Waals surface area contributed by atoms with Gasteiger partial charge in [0.25, 0.3) is 5.69 Å². The molecule has 8 nitrogen and oxygen atoms in total. The number of nitrogens with one attached hydrogen (secondary N) is 1. The van der Waals surface area contributed by atoms with Crippen molar-refractivity contribution < 1.29 is 23.2 Å². The fourth-order valence-corrected chi connectivity index (χ4v) is 3.33. The van der Waals surface area contributed by atoms with Gasteiger partial charge in [0.1, 0.15) is 6.04 Å². The van der Waals surface area contributed by atoms with Crippen molar-refractivity contribution in [3.63, 3.8) is 0 Å². The summed E-state index contributed by atoms with van der Waals surface area (Å²) in [4.78, 5) is 20.4. The number of benzene rings is 1. The molecular weight excluding hydrogens is 324 g/mol. The Kier molecular flexibility index (Phi) is 5.26. The van der Waals surface area contributed by atoms with Crippen LogP contribution < -0.4 is 4.72 Å². The van der Waals surface area contributed by atoms with E-state index >= 15 is 0 Å². The lowest BCUT2D eigenvalue weighted by molar-refractivity contribution is -0.387. The lowest BCUT2D eigenvalue weighted by Gasteiger charge is -2.18. The van der Waals surface area contributed by atoms with Gasteiger partial charge in [-0.1, -0.05) is 25.4 Å². The molecule has 0 fully saturated rings. The summed E-state index contributed by atoms with van der Waals surface area (Å²) in [5.74, 6) is -1.92. The Labute approximate surface area is 125 Å². The Morgan fingerprint density at radius 1 is 1.43 bits per heavy atom. The number of carboxylic acids is 1. The van der Waals surface area contributed by atoms with E-state index in [-0.39, 0.29) is 5.02 Å². The molecule has 0 aliphatic heterocycles. The van der Waals surface area contributed by atoms with Crippen molar-refractivity contribution in [1.29, 1.82) is 0 Å². The molecule has 0 heterocycles. The van der Waals surface area contributed by atoms with E-state index in [4.69, 9.17) is 16.7 Å². The molecule has 0 saturated heterocycles. The molecule has 0 radical (unpaired) electrons. The number of halogens is 1. The second-order valence-corrected chi connectivity index (χ2v) is 6.67. The minimum Gasteiger partial charge on any atom is -0.480 e. The quantitative estimate of drug-likeness (QED) is 0.600. The van der Waals surface area contributed by atoms with Crippen molar-refractivity contribution in [1.82, 2.24) is 4.72 Å². The van der Waals surface area contributed by atoms with Gasteiger partial charge in [-0.15, -0.1) is 0 Å². The molecular formula is C11H13ClN2O6S. The smallest absolute Gasteiger partial charge is 0.322 e. The lowest BCUT2D eigenvalue weighted by atomic mass is 10.1. The summed E-state index contributed by atoms with van der Waals surface area (Å²) in [6, 6.07) is 1.62. The van der Waals surface area contributed by atoms with Crippen LogP contribution in [0, 0.1) is 16.0 Å². The Morgan fingerprint density at radius 3 is 2.43 bits per heavy atom. The zero-order chi connectivity index (χ0) is 16.4. The predicted molar refractivity (Wildman–Crippen MR) is 74.7 cm³/mol. The van der Waals surface area contributed by atoms with Gasteiger partial charge in [0.15, 0.2) is 4.90 Å². The third kappa shape index (κ3) is 4.13. The fraction of sp³-hybridized carbons (Fsp3) is 0.364. The van der Waals surface area contributed by atoms with E-state index in [2.05, 4.69) is 0 Å². The highest BCUT2D eigenvalue weighted by Crippen LogP contribution is 2.27. The Balaban J connectivity index is 3.34. The molecule has 0 aliphatic rings. The van der Waals surface area contributed by atoms with Gasteiger partial charge in [-0.25, -0.2) is 8.42 Å². The number of aliphatic carboxylic acids is 1. The average molecular weight is 337 g/mol. The van der Waals surface area contributed by atoms with Crippen LogP contribution in [0.1, 0.15) is 13.8 Å². The summed E-state index contributed by atoms with van der Waals surface area (Å²) in [6.07, 6.45) is 0. The SMILES string of the molecule is CC(C)[C@H](NS(=O)(=O)c1cc(Cl)ccc1[N+](=O)[O-])C(=O)O.